The average Bonchev–Trinajstić information content (AvgIpc) is 2.65. The molecule has 1 nitrogen and oxygen atoms in total. The third-order valence-corrected chi connectivity index (χ3v) is 4.91. The lowest BCUT2D eigenvalue weighted by Gasteiger charge is -2.20. The first-order valence-corrected chi connectivity index (χ1v) is 6.97. The third-order valence-electron chi connectivity index (χ3n) is 3.81. The topological polar surface area (TPSA) is 9.23 Å². The van der Waals surface area contributed by atoms with Crippen molar-refractivity contribution in [2.24, 2.45) is 17.8 Å². The molecular formula is C10H20OSi. The molecule has 3 atom stereocenters. The smallest absolute Gasteiger partial charge is 0.161 e. The maximum absolute atomic E-state index is 5.22. The van der Waals surface area contributed by atoms with Crippen LogP contribution in [0.25, 0.3) is 0 Å². The number of rotatable bonds is 4. The predicted octanol–water partition coefficient (Wildman–Crippen LogP) is 1.96. The lowest BCUT2D eigenvalue weighted by Crippen LogP contribution is -2.11. The Balaban J connectivity index is 1.69. The van der Waals surface area contributed by atoms with E-state index in [1.165, 1.54) is 12.5 Å². The van der Waals surface area contributed by atoms with Crippen molar-refractivity contribution in [3.63, 3.8) is 0 Å². The molecule has 0 heterocycles. The lowest BCUT2D eigenvalue weighted by molar-refractivity contribution is 0.320. The molecular weight excluding hydrogens is 164 g/mol. The molecule has 0 spiro atoms. The second-order valence-electron chi connectivity index (χ2n) is 4.57. The summed E-state index contributed by atoms with van der Waals surface area (Å²) in [6.45, 7) is 0. The summed E-state index contributed by atoms with van der Waals surface area (Å²) >= 11 is 0. The zero-order chi connectivity index (χ0) is 8.39. The zero-order valence-electron chi connectivity index (χ0n) is 8.09. The summed E-state index contributed by atoms with van der Waals surface area (Å²) in [4.78, 5) is 0. The minimum Gasteiger partial charge on any atom is -0.427 e. The van der Waals surface area contributed by atoms with Crippen LogP contribution in [0.15, 0.2) is 0 Å². The Morgan fingerprint density at radius 3 is 2.83 bits per heavy atom. The highest BCUT2D eigenvalue weighted by molar-refractivity contribution is 6.26. The van der Waals surface area contributed by atoms with Gasteiger partial charge in [-0.2, -0.15) is 0 Å². The van der Waals surface area contributed by atoms with Gasteiger partial charge in [0.05, 0.1) is 0 Å². The Morgan fingerprint density at radius 2 is 2.25 bits per heavy atom. The summed E-state index contributed by atoms with van der Waals surface area (Å²) in [6, 6.07) is 1.42. The predicted molar refractivity (Wildman–Crippen MR) is 53.9 cm³/mol. The van der Waals surface area contributed by atoms with Crippen LogP contribution >= 0.6 is 0 Å². The highest BCUT2D eigenvalue weighted by atomic mass is 28.2. The van der Waals surface area contributed by atoms with Crippen LogP contribution in [0.2, 0.25) is 6.04 Å². The van der Waals surface area contributed by atoms with Crippen molar-refractivity contribution < 1.29 is 4.43 Å². The van der Waals surface area contributed by atoms with Crippen LogP contribution in [0.4, 0.5) is 0 Å². The molecule has 0 saturated heterocycles. The molecule has 2 heteroatoms. The Labute approximate surface area is 77.8 Å². The molecule has 0 radical (unpaired) electrons. The van der Waals surface area contributed by atoms with Crippen molar-refractivity contribution in [1.82, 2.24) is 0 Å². The molecule has 70 valence electrons. The molecule has 3 unspecified atom stereocenters. The Hall–Kier alpha value is 0.177. The monoisotopic (exact) mass is 184 g/mol. The van der Waals surface area contributed by atoms with Gasteiger partial charge in [-0.25, -0.2) is 0 Å². The Bertz CT molecular complexity index is 149. The molecule has 2 fully saturated rings. The van der Waals surface area contributed by atoms with Crippen molar-refractivity contribution in [3.05, 3.63) is 0 Å². The first-order valence-electron chi connectivity index (χ1n) is 5.39. The van der Waals surface area contributed by atoms with Gasteiger partial charge in [-0.3, -0.25) is 0 Å². The minimum absolute atomic E-state index is 0.127. The molecule has 2 aliphatic rings. The molecule has 0 amide bonds. The van der Waals surface area contributed by atoms with Gasteiger partial charge >= 0.3 is 0 Å². The van der Waals surface area contributed by atoms with Crippen LogP contribution in [0, 0.1) is 17.8 Å². The standard InChI is InChI=1S/C10H20OSi/c1-11-12-5-4-10-7-8-2-3-9(10)6-8/h8-10H,2-7,12H2,1H3. The highest BCUT2D eigenvalue weighted by Crippen LogP contribution is 2.49. The van der Waals surface area contributed by atoms with Crippen LogP contribution in [-0.4, -0.2) is 16.9 Å². The van der Waals surface area contributed by atoms with Gasteiger partial charge in [0.1, 0.15) is 0 Å². The van der Waals surface area contributed by atoms with Crippen LogP contribution in [0.1, 0.15) is 32.1 Å². The van der Waals surface area contributed by atoms with Gasteiger partial charge in [-0.05, 0) is 43.1 Å². The SMILES string of the molecule is CO[SiH2]CCC1CC2CCC1C2. The molecule has 2 rings (SSSR count). The molecule has 2 aliphatic carbocycles. The van der Waals surface area contributed by atoms with Crippen LogP contribution in [0.3, 0.4) is 0 Å². The minimum atomic E-state index is -0.127. The van der Waals surface area contributed by atoms with Gasteiger partial charge in [0, 0.05) is 7.11 Å². The van der Waals surface area contributed by atoms with Crippen LogP contribution in [-0.2, 0) is 4.43 Å². The van der Waals surface area contributed by atoms with Crippen molar-refractivity contribution in [2.45, 2.75) is 38.1 Å². The Kier molecular flexibility index (Phi) is 2.86. The number of hydrogen-bond donors (Lipinski definition) is 0. The fourth-order valence-corrected chi connectivity index (χ4v) is 4.20. The molecule has 12 heavy (non-hydrogen) atoms. The van der Waals surface area contributed by atoms with E-state index in [2.05, 4.69) is 0 Å². The van der Waals surface area contributed by atoms with Crippen LogP contribution in [0.5, 0.6) is 0 Å². The van der Waals surface area contributed by atoms with Gasteiger partial charge in [0.15, 0.2) is 9.76 Å². The molecule has 2 saturated carbocycles. The maximum atomic E-state index is 5.22. The quantitative estimate of drug-likeness (QED) is 0.479. The van der Waals surface area contributed by atoms with Crippen molar-refractivity contribution in [3.8, 4) is 0 Å². The van der Waals surface area contributed by atoms with Gasteiger partial charge < -0.3 is 4.43 Å². The van der Waals surface area contributed by atoms with Gasteiger partial charge in [0.2, 0.25) is 0 Å². The molecule has 0 aromatic rings. The fraction of sp³-hybridized carbons (Fsp3) is 1.00. The zero-order valence-corrected chi connectivity index (χ0v) is 9.50. The van der Waals surface area contributed by atoms with E-state index in [0.29, 0.717) is 0 Å². The summed E-state index contributed by atoms with van der Waals surface area (Å²) in [7, 11) is 1.74. The van der Waals surface area contributed by atoms with E-state index in [0.717, 1.165) is 17.8 Å². The molecule has 0 aromatic carbocycles. The van der Waals surface area contributed by atoms with E-state index in [9.17, 15) is 0 Å². The first-order chi connectivity index (χ1) is 5.90. The fourth-order valence-electron chi connectivity index (χ4n) is 3.22. The second-order valence-corrected chi connectivity index (χ2v) is 6.26. The molecule has 0 N–H and O–H groups in total. The summed E-state index contributed by atoms with van der Waals surface area (Å²) in [5.74, 6) is 3.36. The van der Waals surface area contributed by atoms with Crippen molar-refractivity contribution in [2.75, 3.05) is 7.11 Å². The lowest BCUT2D eigenvalue weighted by atomic mass is 9.87. The molecule has 0 aliphatic heterocycles. The summed E-state index contributed by atoms with van der Waals surface area (Å²) in [5, 5.41) is 0. The van der Waals surface area contributed by atoms with Crippen molar-refractivity contribution >= 4 is 9.76 Å². The normalized spacial score (nSPS) is 40.2. The van der Waals surface area contributed by atoms with E-state index in [-0.39, 0.29) is 9.76 Å². The highest BCUT2D eigenvalue weighted by Gasteiger charge is 2.38. The largest absolute Gasteiger partial charge is 0.427 e. The van der Waals surface area contributed by atoms with Crippen LogP contribution < -0.4 is 0 Å². The Morgan fingerprint density at radius 1 is 1.33 bits per heavy atom. The van der Waals surface area contributed by atoms with Gasteiger partial charge in [-0.1, -0.05) is 12.8 Å². The molecule has 0 aromatic heterocycles. The number of hydrogen-bond acceptors (Lipinski definition) is 1. The average molecular weight is 184 g/mol. The summed E-state index contributed by atoms with van der Waals surface area (Å²) in [6.07, 6.45) is 7.70. The van der Waals surface area contributed by atoms with E-state index < -0.39 is 0 Å². The van der Waals surface area contributed by atoms with E-state index in [1.807, 2.05) is 7.11 Å². The second kappa shape index (κ2) is 3.92. The number of fused-ring (bicyclic) bond motifs is 2. The third kappa shape index (κ3) is 1.74. The summed E-state index contributed by atoms with van der Waals surface area (Å²) in [5.41, 5.74) is 0. The van der Waals surface area contributed by atoms with Crippen molar-refractivity contribution in [1.29, 1.82) is 0 Å². The summed E-state index contributed by atoms with van der Waals surface area (Å²) < 4.78 is 5.22. The van der Waals surface area contributed by atoms with E-state index in [4.69, 9.17) is 4.43 Å². The molecule has 2 bridgehead atoms. The van der Waals surface area contributed by atoms with E-state index in [1.54, 1.807) is 25.7 Å². The van der Waals surface area contributed by atoms with E-state index >= 15 is 0 Å². The van der Waals surface area contributed by atoms with Gasteiger partial charge in [0.25, 0.3) is 0 Å². The van der Waals surface area contributed by atoms with Gasteiger partial charge in [-0.15, -0.1) is 0 Å². The maximum Gasteiger partial charge on any atom is 0.161 e. The first kappa shape index (κ1) is 8.76.